The van der Waals surface area contributed by atoms with Crippen LogP contribution in [0.15, 0.2) is 36.4 Å². The molecule has 1 aliphatic carbocycles. The maximum Gasteiger partial charge on any atom is 0.250 e. The Kier molecular flexibility index (Phi) is 6.17. The van der Waals surface area contributed by atoms with E-state index in [1.807, 2.05) is 6.07 Å². The van der Waals surface area contributed by atoms with Gasteiger partial charge in [-0.15, -0.1) is 0 Å². The topological polar surface area (TPSA) is 78.6 Å². The van der Waals surface area contributed by atoms with E-state index in [4.69, 9.17) is 28.9 Å². The fourth-order valence-electron chi connectivity index (χ4n) is 6.46. The second-order valence-electron chi connectivity index (χ2n) is 9.41. The molecule has 3 aliphatic rings. The van der Waals surface area contributed by atoms with Crippen LogP contribution in [0.4, 0.5) is 10.1 Å². The van der Waals surface area contributed by atoms with Crippen molar-refractivity contribution in [2.75, 3.05) is 11.9 Å². The van der Waals surface area contributed by atoms with Crippen LogP contribution in [0.3, 0.4) is 0 Å². The van der Waals surface area contributed by atoms with Crippen LogP contribution in [0.25, 0.3) is 0 Å². The lowest BCUT2D eigenvalue weighted by Gasteiger charge is -2.44. The Hall–Kier alpha value is -1.70. The van der Waals surface area contributed by atoms with Crippen LogP contribution in [-0.4, -0.2) is 40.6 Å². The van der Waals surface area contributed by atoms with E-state index in [1.165, 1.54) is 6.07 Å². The molecule has 5 rings (SSSR count). The molecule has 176 valence electrons. The molecule has 2 aromatic carbocycles. The Morgan fingerprint density at radius 2 is 1.88 bits per heavy atom. The summed E-state index contributed by atoms with van der Waals surface area (Å²) in [4.78, 5) is 16.1. The Morgan fingerprint density at radius 3 is 2.58 bits per heavy atom. The monoisotopic (exact) mass is 491 g/mol. The standard InChI is InChI=1S/C25H28Cl2FN3O2/c26-14-10-11-17-19(12-14)30-24(33)25(17)21(16-8-5-9-18(27)22(16)28)23(29)20(13-32)31(25)15-6-3-1-2-4-7-15/h5,8-12,15,20-21,23,32H,1-4,6-7,13,29H2,(H,30,33)/t20-,21-,23+,25+/m0/s1. The quantitative estimate of drug-likeness (QED) is 0.539. The van der Waals surface area contributed by atoms with E-state index in [1.54, 1.807) is 24.3 Å². The van der Waals surface area contributed by atoms with E-state index >= 15 is 4.39 Å². The van der Waals surface area contributed by atoms with Crippen LogP contribution < -0.4 is 11.1 Å². The zero-order valence-corrected chi connectivity index (χ0v) is 19.7. The number of nitrogens with zero attached hydrogens (tertiary/aromatic N) is 1. The Balaban J connectivity index is 1.79. The SMILES string of the molecule is N[C@@H]1[C@H](CO)N(C2CCCCCC2)[C@@]2(C(=O)Nc3cc(Cl)ccc32)[C@H]1c1cccc(Cl)c1F. The lowest BCUT2D eigenvalue weighted by molar-refractivity contribution is -0.130. The number of rotatable bonds is 3. The lowest BCUT2D eigenvalue weighted by Crippen LogP contribution is -2.57. The molecule has 4 N–H and O–H groups in total. The van der Waals surface area contributed by atoms with Crippen molar-refractivity contribution in [3.63, 3.8) is 0 Å². The molecule has 0 unspecified atom stereocenters. The summed E-state index contributed by atoms with van der Waals surface area (Å²) in [6, 6.07) is 8.97. The largest absolute Gasteiger partial charge is 0.395 e. The number of likely N-dealkylation sites (tertiary alicyclic amines) is 1. The number of benzene rings is 2. The molecule has 0 aromatic heterocycles. The number of carbonyl (C=O) groups is 1. The third-order valence-electron chi connectivity index (χ3n) is 7.75. The van der Waals surface area contributed by atoms with Crippen LogP contribution in [0, 0.1) is 5.82 Å². The molecule has 1 saturated carbocycles. The minimum atomic E-state index is -1.27. The van der Waals surface area contributed by atoms with Gasteiger partial charge in [-0.05, 0) is 36.6 Å². The summed E-state index contributed by atoms with van der Waals surface area (Å²) in [5, 5.41) is 14.0. The van der Waals surface area contributed by atoms with Crippen molar-refractivity contribution in [2.24, 2.45) is 5.73 Å². The number of hydrogen-bond acceptors (Lipinski definition) is 4. The van der Waals surface area contributed by atoms with Gasteiger partial charge in [0, 0.05) is 34.3 Å². The summed E-state index contributed by atoms with van der Waals surface area (Å²) in [6.07, 6.45) is 6.14. The van der Waals surface area contributed by atoms with Crippen molar-refractivity contribution in [3.05, 3.63) is 63.4 Å². The van der Waals surface area contributed by atoms with E-state index in [9.17, 15) is 9.90 Å². The highest BCUT2D eigenvalue weighted by molar-refractivity contribution is 6.31. The average Bonchev–Trinajstić information content (AvgIpc) is 3.05. The predicted octanol–water partition coefficient (Wildman–Crippen LogP) is 4.79. The highest BCUT2D eigenvalue weighted by Crippen LogP contribution is 2.58. The molecule has 2 aliphatic heterocycles. The van der Waals surface area contributed by atoms with E-state index in [-0.39, 0.29) is 23.6 Å². The van der Waals surface area contributed by atoms with Gasteiger partial charge in [-0.2, -0.15) is 0 Å². The number of anilines is 1. The Bertz CT molecular complexity index is 1080. The summed E-state index contributed by atoms with van der Waals surface area (Å²) in [5.74, 6) is -1.58. The van der Waals surface area contributed by atoms with Gasteiger partial charge in [0.25, 0.3) is 0 Å². The number of carbonyl (C=O) groups excluding carboxylic acids is 1. The van der Waals surface area contributed by atoms with Crippen molar-refractivity contribution < 1.29 is 14.3 Å². The molecule has 1 amide bonds. The molecule has 2 heterocycles. The average molecular weight is 492 g/mol. The van der Waals surface area contributed by atoms with Crippen molar-refractivity contribution in [1.82, 2.24) is 4.90 Å². The highest BCUT2D eigenvalue weighted by Gasteiger charge is 2.67. The van der Waals surface area contributed by atoms with E-state index in [0.29, 0.717) is 16.3 Å². The number of nitrogens with two attached hydrogens (primary N) is 1. The zero-order valence-electron chi connectivity index (χ0n) is 18.2. The molecule has 5 nitrogen and oxygen atoms in total. The van der Waals surface area contributed by atoms with Crippen molar-refractivity contribution >= 4 is 34.8 Å². The fraction of sp³-hybridized carbons (Fsp3) is 0.480. The van der Waals surface area contributed by atoms with Gasteiger partial charge in [-0.3, -0.25) is 9.69 Å². The first-order chi connectivity index (χ1) is 15.9. The number of nitrogens with one attached hydrogen (secondary N) is 1. The maximum atomic E-state index is 15.5. The first-order valence-corrected chi connectivity index (χ1v) is 12.4. The van der Waals surface area contributed by atoms with Gasteiger partial charge in [0.15, 0.2) is 0 Å². The molecule has 4 atom stereocenters. The van der Waals surface area contributed by atoms with Crippen LogP contribution in [0.5, 0.6) is 0 Å². The Morgan fingerprint density at radius 1 is 1.15 bits per heavy atom. The van der Waals surface area contributed by atoms with Gasteiger partial charge in [-0.1, -0.05) is 67.1 Å². The summed E-state index contributed by atoms with van der Waals surface area (Å²) < 4.78 is 15.5. The predicted molar refractivity (Wildman–Crippen MR) is 128 cm³/mol. The lowest BCUT2D eigenvalue weighted by atomic mass is 9.73. The third-order valence-corrected chi connectivity index (χ3v) is 8.28. The van der Waals surface area contributed by atoms with E-state index in [2.05, 4.69) is 10.2 Å². The van der Waals surface area contributed by atoms with Crippen LogP contribution in [0.2, 0.25) is 10.0 Å². The number of aliphatic hydroxyl groups is 1. The summed E-state index contributed by atoms with van der Waals surface area (Å²) >= 11 is 12.4. The van der Waals surface area contributed by atoms with Crippen LogP contribution >= 0.6 is 23.2 Å². The fourth-order valence-corrected chi connectivity index (χ4v) is 6.82. The Labute approximate surface area is 203 Å². The molecule has 2 aromatic rings. The van der Waals surface area contributed by atoms with Crippen LogP contribution in [0.1, 0.15) is 55.6 Å². The number of fused-ring (bicyclic) bond motifs is 2. The molecule has 8 heteroatoms. The minimum absolute atomic E-state index is 0.0157. The zero-order chi connectivity index (χ0) is 23.3. The van der Waals surface area contributed by atoms with Gasteiger partial charge in [0.2, 0.25) is 5.91 Å². The molecule has 1 saturated heterocycles. The second-order valence-corrected chi connectivity index (χ2v) is 10.3. The van der Waals surface area contributed by atoms with Crippen molar-refractivity contribution in [2.45, 2.75) is 68.1 Å². The van der Waals surface area contributed by atoms with Gasteiger partial charge in [0.1, 0.15) is 11.4 Å². The van der Waals surface area contributed by atoms with Gasteiger partial charge >= 0.3 is 0 Å². The minimum Gasteiger partial charge on any atom is -0.395 e. The summed E-state index contributed by atoms with van der Waals surface area (Å²) in [5.41, 5.74) is 7.15. The maximum absolute atomic E-state index is 15.5. The van der Waals surface area contributed by atoms with E-state index in [0.717, 1.165) is 44.1 Å². The number of hydrogen-bond donors (Lipinski definition) is 3. The van der Waals surface area contributed by atoms with Gasteiger partial charge in [0.05, 0.1) is 17.7 Å². The number of halogens is 3. The first kappa shape index (κ1) is 23.1. The van der Waals surface area contributed by atoms with E-state index < -0.39 is 29.4 Å². The normalized spacial score (nSPS) is 30.5. The summed E-state index contributed by atoms with van der Waals surface area (Å²) in [6.45, 7) is -0.228. The first-order valence-electron chi connectivity index (χ1n) is 11.6. The second kappa shape index (κ2) is 8.82. The molecule has 1 spiro atoms. The third kappa shape index (κ3) is 3.41. The molecule has 0 bridgehead atoms. The number of aliphatic hydroxyl groups excluding tert-OH is 1. The molecule has 0 radical (unpaired) electrons. The molecular weight excluding hydrogens is 464 g/mol. The molecular formula is C25H28Cl2FN3O2. The molecule has 33 heavy (non-hydrogen) atoms. The van der Waals surface area contributed by atoms with Gasteiger partial charge in [-0.25, -0.2) is 4.39 Å². The van der Waals surface area contributed by atoms with Crippen LogP contribution in [-0.2, 0) is 10.3 Å². The smallest absolute Gasteiger partial charge is 0.250 e. The highest BCUT2D eigenvalue weighted by atomic mass is 35.5. The van der Waals surface area contributed by atoms with Gasteiger partial charge < -0.3 is 16.2 Å². The van der Waals surface area contributed by atoms with Crippen molar-refractivity contribution in [3.8, 4) is 0 Å². The number of amides is 1. The molecule has 2 fully saturated rings. The summed E-state index contributed by atoms with van der Waals surface area (Å²) in [7, 11) is 0. The van der Waals surface area contributed by atoms with Crippen molar-refractivity contribution in [1.29, 1.82) is 0 Å².